The summed E-state index contributed by atoms with van der Waals surface area (Å²) in [6, 6.07) is 3.22. The maximum atomic E-state index is 13.7. The third-order valence-electron chi connectivity index (χ3n) is 3.87. The number of nitrogen functional groups attached to an aromatic ring is 1. The minimum absolute atomic E-state index is 0.199. The first-order valence-corrected chi connectivity index (χ1v) is 6.50. The van der Waals surface area contributed by atoms with Gasteiger partial charge in [0.05, 0.1) is 18.1 Å². The van der Waals surface area contributed by atoms with E-state index >= 15 is 0 Å². The molecule has 1 aromatic carbocycles. The summed E-state index contributed by atoms with van der Waals surface area (Å²) >= 11 is 0. The second-order valence-electron chi connectivity index (χ2n) is 4.94. The fraction of sp³-hybridized carbons (Fsp3) is 0.500. The zero-order valence-corrected chi connectivity index (χ0v) is 11.8. The highest BCUT2D eigenvalue weighted by atomic mass is 19.1. The maximum Gasteiger partial charge on any atom is 0.201 e. The number of nitrogens with zero attached hydrogens (tertiary/aromatic N) is 2. The third-order valence-corrected chi connectivity index (χ3v) is 3.87. The topological polar surface area (TPSA) is 53.1 Å². The van der Waals surface area contributed by atoms with E-state index in [2.05, 4.69) is 25.8 Å². The number of hydrogen-bond donors (Lipinski definition) is 1. The monoisotopic (exact) mass is 265 g/mol. The van der Waals surface area contributed by atoms with Gasteiger partial charge in [0, 0.05) is 18.2 Å². The summed E-state index contributed by atoms with van der Waals surface area (Å²) in [5.41, 5.74) is 7.35. The van der Waals surface area contributed by atoms with E-state index in [-0.39, 0.29) is 11.8 Å². The largest absolute Gasteiger partial charge is 0.494 e. The molecule has 19 heavy (non-hydrogen) atoms. The van der Waals surface area contributed by atoms with Gasteiger partial charge in [0.2, 0.25) is 5.95 Å². The second kappa shape index (κ2) is 5.07. The van der Waals surface area contributed by atoms with E-state index in [4.69, 9.17) is 10.5 Å². The Morgan fingerprint density at radius 3 is 2.68 bits per heavy atom. The van der Waals surface area contributed by atoms with Crippen molar-refractivity contribution in [1.29, 1.82) is 0 Å². The average Bonchev–Trinajstić information content (AvgIpc) is 2.70. The van der Waals surface area contributed by atoms with Gasteiger partial charge in [0.15, 0.2) is 11.6 Å². The lowest BCUT2D eigenvalue weighted by molar-refractivity contribution is 0.377. The van der Waals surface area contributed by atoms with Gasteiger partial charge in [-0.05, 0) is 12.8 Å². The molecule has 1 aromatic heterocycles. The number of rotatable bonds is 4. The van der Waals surface area contributed by atoms with E-state index in [1.165, 1.54) is 13.2 Å². The molecule has 0 saturated heterocycles. The molecule has 0 aliphatic heterocycles. The molecule has 0 spiro atoms. The first-order valence-electron chi connectivity index (χ1n) is 6.50. The van der Waals surface area contributed by atoms with Crippen molar-refractivity contribution in [3.63, 3.8) is 0 Å². The van der Waals surface area contributed by atoms with Crippen LogP contribution in [0.15, 0.2) is 12.1 Å². The molecule has 4 nitrogen and oxygen atoms in total. The molecule has 2 N–H and O–H groups in total. The van der Waals surface area contributed by atoms with Gasteiger partial charge in [0.25, 0.3) is 0 Å². The number of anilines is 1. The summed E-state index contributed by atoms with van der Waals surface area (Å²) in [6.07, 6.45) is 1.04. The summed E-state index contributed by atoms with van der Waals surface area (Å²) < 4.78 is 20.6. The van der Waals surface area contributed by atoms with Gasteiger partial charge in [-0.3, -0.25) is 0 Å². The maximum absolute atomic E-state index is 13.7. The molecule has 0 amide bonds. The average molecular weight is 265 g/mol. The van der Waals surface area contributed by atoms with Crippen molar-refractivity contribution in [2.45, 2.75) is 33.2 Å². The van der Waals surface area contributed by atoms with Crippen molar-refractivity contribution in [2.75, 3.05) is 12.8 Å². The molecule has 1 heterocycles. The molecule has 2 rings (SSSR count). The summed E-state index contributed by atoms with van der Waals surface area (Å²) in [6.45, 7) is 6.40. The molecule has 2 atom stereocenters. The molecule has 2 aromatic rings. The number of halogens is 1. The van der Waals surface area contributed by atoms with Gasteiger partial charge in [-0.1, -0.05) is 20.3 Å². The highest BCUT2D eigenvalue weighted by Gasteiger charge is 2.20. The Balaban J connectivity index is 2.63. The van der Waals surface area contributed by atoms with Gasteiger partial charge in [-0.25, -0.2) is 9.37 Å². The van der Waals surface area contributed by atoms with Gasteiger partial charge in [-0.15, -0.1) is 0 Å². The Bertz CT molecular complexity index is 594. The lowest BCUT2D eigenvalue weighted by Crippen LogP contribution is -2.15. The predicted molar refractivity (Wildman–Crippen MR) is 74.8 cm³/mol. The quantitative estimate of drug-likeness (QED) is 0.922. The van der Waals surface area contributed by atoms with Crippen LogP contribution in [0.5, 0.6) is 5.75 Å². The molecule has 0 aliphatic carbocycles. The molecular formula is C14H20FN3O. The predicted octanol–water partition coefficient (Wildman–Crippen LogP) is 3.37. The summed E-state index contributed by atoms with van der Waals surface area (Å²) in [5.74, 6) is 0.659. The number of ether oxygens (including phenoxy) is 1. The van der Waals surface area contributed by atoms with Crippen LogP contribution in [0.3, 0.4) is 0 Å². The van der Waals surface area contributed by atoms with Crippen molar-refractivity contribution in [1.82, 2.24) is 9.55 Å². The van der Waals surface area contributed by atoms with Gasteiger partial charge in [0.1, 0.15) is 0 Å². The summed E-state index contributed by atoms with van der Waals surface area (Å²) in [4.78, 5) is 4.23. The number of nitrogens with two attached hydrogens (primary N) is 1. The van der Waals surface area contributed by atoms with Gasteiger partial charge < -0.3 is 15.0 Å². The SMILES string of the molecule is CCC(C)C(C)n1c(N)nc2cc(F)c(OC)cc21. The third kappa shape index (κ3) is 2.25. The van der Waals surface area contributed by atoms with Crippen LogP contribution in [0.4, 0.5) is 10.3 Å². The van der Waals surface area contributed by atoms with Crippen LogP contribution in [0.1, 0.15) is 33.2 Å². The highest BCUT2D eigenvalue weighted by Crippen LogP contribution is 2.31. The van der Waals surface area contributed by atoms with E-state index in [0.717, 1.165) is 11.9 Å². The van der Waals surface area contributed by atoms with Crippen LogP contribution in [-0.4, -0.2) is 16.7 Å². The van der Waals surface area contributed by atoms with Crippen LogP contribution in [0.2, 0.25) is 0 Å². The second-order valence-corrected chi connectivity index (χ2v) is 4.94. The lowest BCUT2D eigenvalue weighted by Gasteiger charge is -2.22. The summed E-state index contributed by atoms with van der Waals surface area (Å²) in [5, 5.41) is 0. The van der Waals surface area contributed by atoms with Crippen LogP contribution >= 0.6 is 0 Å². The summed E-state index contributed by atoms with van der Waals surface area (Å²) in [7, 11) is 1.45. The van der Waals surface area contributed by atoms with E-state index in [0.29, 0.717) is 17.4 Å². The number of aromatic nitrogens is 2. The molecule has 0 radical (unpaired) electrons. The van der Waals surface area contributed by atoms with Crippen LogP contribution in [0.25, 0.3) is 11.0 Å². The van der Waals surface area contributed by atoms with Crippen molar-refractivity contribution >= 4 is 17.0 Å². The van der Waals surface area contributed by atoms with E-state index < -0.39 is 5.82 Å². The first-order chi connectivity index (χ1) is 8.99. The van der Waals surface area contributed by atoms with Gasteiger partial charge in [-0.2, -0.15) is 0 Å². The smallest absolute Gasteiger partial charge is 0.201 e. The molecule has 2 unspecified atom stereocenters. The van der Waals surface area contributed by atoms with E-state index in [1.807, 2.05) is 4.57 Å². The van der Waals surface area contributed by atoms with Crippen LogP contribution in [0, 0.1) is 11.7 Å². The fourth-order valence-corrected chi connectivity index (χ4v) is 2.30. The number of imidazole rings is 1. The molecule has 104 valence electrons. The molecular weight excluding hydrogens is 245 g/mol. The normalized spacial score (nSPS) is 14.6. The minimum atomic E-state index is -0.421. The number of hydrogen-bond acceptors (Lipinski definition) is 3. The van der Waals surface area contributed by atoms with Crippen molar-refractivity contribution in [2.24, 2.45) is 5.92 Å². The molecule has 5 heteroatoms. The Labute approximate surface area is 112 Å². The minimum Gasteiger partial charge on any atom is -0.494 e. The first kappa shape index (κ1) is 13.6. The zero-order chi connectivity index (χ0) is 14.2. The van der Waals surface area contributed by atoms with Crippen molar-refractivity contribution < 1.29 is 9.13 Å². The molecule has 0 aliphatic rings. The van der Waals surface area contributed by atoms with E-state index in [1.54, 1.807) is 6.07 Å². The molecule has 0 saturated carbocycles. The lowest BCUT2D eigenvalue weighted by atomic mass is 10.0. The van der Waals surface area contributed by atoms with Crippen molar-refractivity contribution in [3.8, 4) is 5.75 Å². The Hall–Kier alpha value is -1.78. The van der Waals surface area contributed by atoms with Crippen LogP contribution < -0.4 is 10.5 Å². The zero-order valence-electron chi connectivity index (χ0n) is 11.8. The fourth-order valence-electron chi connectivity index (χ4n) is 2.30. The van der Waals surface area contributed by atoms with Gasteiger partial charge >= 0.3 is 0 Å². The molecule has 0 bridgehead atoms. The standard InChI is InChI=1S/C14H20FN3O/c1-5-8(2)9(3)18-12-7-13(19-4)10(15)6-11(12)17-14(18)16/h6-9H,5H2,1-4H3,(H2,16,17). The Morgan fingerprint density at radius 1 is 1.42 bits per heavy atom. The number of benzene rings is 1. The number of fused-ring (bicyclic) bond motifs is 1. The number of methoxy groups -OCH3 is 1. The molecule has 0 fully saturated rings. The highest BCUT2D eigenvalue weighted by molar-refractivity contribution is 5.80. The Kier molecular flexibility index (Phi) is 3.64. The van der Waals surface area contributed by atoms with Crippen molar-refractivity contribution in [3.05, 3.63) is 17.9 Å². The Morgan fingerprint density at radius 2 is 2.11 bits per heavy atom. The van der Waals surface area contributed by atoms with Crippen LogP contribution in [-0.2, 0) is 0 Å². The van der Waals surface area contributed by atoms with E-state index in [9.17, 15) is 4.39 Å².